The zero-order chi connectivity index (χ0) is 25.3. The van der Waals surface area contributed by atoms with Gasteiger partial charge in [0.2, 0.25) is 0 Å². The second-order valence-electron chi connectivity index (χ2n) is 7.08. The summed E-state index contributed by atoms with van der Waals surface area (Å²) in [5.41, 5.74) is 1.20. The second kappa shape index (κ2) is 9.93. The number of anilines is 2. The van der Waals surface area contributed by atoms with Crippen LogP contribution in [0.1, 0.15) is 0 Å². The van der Waals surface area contributed by atoms with Crippen molar-refractivity contribution in [3.63, 3.8) is 0 Å². The van der Waals surface area contributed by atoms with Gasteiger partial charge in [0.25, 0.3) is 15.6 Å². The van der Waals surface area contributed by atoms with Crippen molar-refractivity contribution >= 4 is 89.4 Å². The molecular weight excluding hydrogens is 629 g/mol. The standard InChI is InChI=1S/C21H15ClIN5O5S2/c1-24-11-2-4-13-14(8-11)16(26-31)10-28(20(13)29)17-5-3-12(9-15(17)23)25-21(30)27-35(32,33)19-7-6-18(22)34-19/h2-10,24H,1H3,(H2,25,27,30). The first-order valence-corrected chi connectivity index (χ1v) is 13.5. The number of nitroso groups, excluding NO2 is 1. The van der Waals surface area contributed by atoms with Gasteiger partial charge in [0.1, 0.15) is 9.90 Å². The third-order valence-corrected chi connectivity index (χ3v) is 8.81. The number of aromatic nitrogens is 1. The molecular formula is C21H15ClIN5O5S2. The number of carbonyl (C=O) groups excluding carboxylic acids is 1. The summed E-state index contributed by atoms with van der Waals surface area (Å²) >= 11 is 8.56. The molecule has 4 rings (SSSR count). The molecule has 2 amide bonds. The van der Waals surface area contributed by atoms with Crippen LogP contribution in [0.15, 0.2) is 68.9 Å². The summed E-state index contributed by atoms with van der Waals surface area (Å²) < 4.78 is 28.5. The van der Waals surface area contributed by atoms with Gasteiger partial charge in [-0.05, 0) is 76.3 Å². The first-order valence-electron chi connectivity index (χ1n) is 9.72. The van der Waals surface area contributed by atoms with Crippen LogP contribution in [0.2, 0.25) is 4.34 Å². The van der Waals surface area contributed by atoms with E-state index in [2.05, 4.69) is 15.8 Å². The van der Waals surface area contributed by atoms with Gasteiger partial charge in [0.15, 0.2) is 0 Å². The van der Waals surface area contributed by atoms with Crippen LogP contribution < -0.4 is 20.9 Å². The van der Waals surface area contributed by atoms with E-state index in [1.165, 1.54) is 29.0 Å². The third kappa shape index (κ3) is 5.17. The van der Waals surface area contributed by atoms with Gasteiger partial charge in [0.05, 0.1) is 10.0 Å². The Morgan fingerprint density at radius 3 is 2.46 bits per heavy atom. The van der Waals surface area contributed by atoms with Gasteiger partial charge in [0, 0.05) is 39.0 Å². The molecule has 0 saturated carbocycles. The average molecular weight is 644 g/mol. The minimum Gasteiger partial charge on any atom is -0.388 e. The summed E-state index contributed by atoms with van der Waals surface area (Å²) in [6.45, 7) is 0. The first kappa shape index (κ1) is 25.1. The Morgan fingerprint density at radius 1 is 1.09 bits per heavy atom. The number of carbonyl (C=O) groups is 1. The van der Waals surface area contributed by atoms with Crippen LogP contribution in [0.3, 0.4) is 0 Å². The van der Waals surface area contributed by atoms with Gasteiger partial charge in [-0.2, -0.15) is 0 Å². The smallest absolute Gasteiger partial charge is 0.333 e. The molecule has 0 aliphatic rings. The highest BCUT2D eigenvalue weighted by atomic mass is 127. The van der Waals surface area contributed by atoms with E-state index in [0.717, 1.165) is 17.0 Å². The number of nitrogens with one attached hydrogen (secondary N) is 3. The number of sulfonamides is 1. The van der Waals surface area contributed by atoms with E-state index in [-0.39, 0.29) is 25.5 Å². The van der Waals surface area contributed by atoms with E-state index in [1.807, 2.05) is 27.3 Å². The largest absolute Gasteiger partial charge is 0.388 e. The Hall–Kier alpha value is -3.01. The number of urea groups is 1. The molecule has 4 aromatic rings. The number of thiophene rings is 1. The summed E-state index contributed by atoms with van der Waals surface area (Å²) in [5.74, 6) is 0. The fourth-order valence-electron chi connectivity index (χ4n) is 3.28. The van der Waals surface area contributed by atoms with E-state index < -0.39 is 16.1 Å². The van der Waals surface area contributed by atoms with E-state index in [0.29, 0.717) is 20.0 Å². The number of halogens is 2. The summed E-state index contributed by atoms with van der Waals surface area (Å²) in [5, 5.41) is 9.22. The third-order valence-electron chi connectivity index (χ3n) is 4.89. The Morgan fingerprint density at radius 2 is 1.83 bits per heavy atom. The maximum Gasteiger partial charge on any atom is 0.333 e. The van der Waals surface area contributed by atoms with Crippen molar-refractivity contribution in [2.24, 2.45) is 5.18 Å². The second-order valence-corrected chi connectivity index (χ2v) is 11.9. The molecule has 2 aromatic heterocycles. The highest BCUT2D eigenvalue weighted by Gasteiger charge is 2.20. The van der Waals surface area contributed by atoms with Crippen molar-refractivity contribution in [3.8, 4) is 5.69 Å². The number of pyridine rings is 1. The Kier molecular flexibility index (Phi) is 7.12. The van der Waals surface area contributed by atoms with Crippen molar-refractivity contribution in [1.29, 1.82) is 0 Å². The first-order chi connectivity index (χ1) is 16.6. The lowest BCUT2D eigenvalue weighted by atomic mass is 10.1. The summed E-state index contributed by atoms with van der Waals surface area (Å²) in [4.78, 5) is 36.9. The Labute approximate surface area is 221 Å². The summed E-state index contributed by atoms with van der Waals surface area (Å²) in [6.07, 6.45) is 1.35. The Bertz CT molecular complexity index is 1650. The molecule has 2 aromatic carbocycles. The van der Waals surface area contributed by atoms with Crippen molar-refractivity contribution in [3.05, 3.63) is 77.9 Å². The predicted octanol–water partition coefficient (Wildman–Crippen LogP) is 5.26. The molecule has 2 heterocycles. The van der Waals surface area contributed by atoms with Crippen LogP contribution in [0.4, 0.5) is 21.9 Å². The lowest BCUT2D eigenvalue weighted by Gasteiger charge is -2.13. The van der Waals surface area contributed by atoms with Crippen LogP contribution in [0.25, 0.3) is 16.5 Å². The molecule has 0 bridgehead atoms. The number of hydrogen-bond donors (Lipinski definition) is 3. The van der Waals surface area contributed by atoms with Gasteiger partial charge in [-0.25, -0.2) is 17.9 Å². The average Bonchev–Trinajstić information content (AvgIpc) is 3.26. The fourth-order valence-corrected chi connectivity index (χ4v) is 6.45. The molecule has 0 aliphatic carbocycles. The van der Waals surface area contributed by atoms with Crippen LogP contribution in [0.5, 0.6) is 0 Å². The van der Waals surface area contributed by atoms with Gasteiger partial charge < -0.3 is 10.6 Å². The van der Waals surface area contributed by atoms with Crippen molar-refractivity contribution < 1.29 is 13.2 Å². The molecule has 0 fully saturated rings. The molecule has 180 valence electrons. The van der Waals surface area contributed by atoms with Gasteiger partial charge in [-0.3, -0.25) is 9.36 Å². The van der Waals surface area contributed by atoms with Crippen LogP contribution >= 0.6 is 45.5 Å². The molecule has 35 heavy (non-hydrogen) atoms. The number of nitrogens with zero attached hydrogens (tertiary/aromatic N) is 2. The topological polar surface area (TPSA) is 139 Å². The van der Waals surface area contributed by atoms with Crippen LogP contribution in [-0.4, -0.2) is 26.1 Å². The lowest BCUT2D eigenvalue weighted by molar-refractivity contribution is 0.256. The molecule has 0 atom stereocenters. The summed E-state index contributed by atoms with van der Waals surface area (Å²) in [6, 6.07) is 11.4. The maximum atomic E-state index is 13.1. The van der Waals surface area contributed by atoms with E-state index in [9.17, 15) is 22.9 Å². The molecule has 0 radical (unpaired) electrons. The monoisotopic (exact) mass is 643 g/mol. The number of benzene rings is 2. The Balaban J connectivity index is 1.63. The van der Waals surface area contributed by atoms with Gasteiger partial charge >= 0.3 is 6.03 Å². The number of hydrogen-bond acceptors (Lipinski definition) is 8. The molecule has 10 nitrogen and oxygen atoms in total. The number of amides is 2. The van der Waals surface area contributed by atoms with Gasteiger partial charge in [-0.1, -0.05) is 11.6 Å². The normalized spacial score (nSPS) is 11.3. The lowest BCUT2D eigenvalue weighted by Crippen LogP contribution is -2.34. The van der Waals surface area contributed by atoms with Crippen LogP contribution in [-0.2, 0) is 10.0 Å². The minimum atomic E-state index is -4.08. The van der Waals surface area contributed by atoms with Crippen molar-refractivity contribution in [2.45, 2.75) is 4.21 Å². The quantitative estimate of drug-likeness (QED) is 0.194. The molecule has 3 N–H and O–H groups in total. The number of rotatable bonds is 6. The molecule has 14 heteroatoms. The van der Waals surface area contributed by atoms with E-state index in [1.54, 1.807) is 37.4 Å². The van der Waals surface area contributed by atoms with Crippen molar-refractivity contribution in [1.82, 2.24) is 9.29 Å². The molecule has 0 saturated heterocycles. The highest BCUT2D eigenvalue weighted by Crippen LogP contribution is 2.29. The minimum absolute atomic E-state index is 0.0907. The van der Waals surface area contributed by atoms with E-state index in [4.69, 9.17) is 11.6 Å². The predicted molar refractivity (Wildman–Crippen MR) is 146 cm³/mol. The zero-order valence-electron chi connectivity index (χ0n) is 17.7. The molecule has 0 unspecified atom stereocenters. The highest BCUT2D eigenvalue weighted by molar-refractivity contribution is 14.1. The zero-order valence-corrected chi connectivity index (χ0v) is 22.3. The molecule has 0 aliphatic heterocycles. The fraction of sp³-hybridized carbons (Fsp3) is 0.0476. The van der Waals surface area contributed by atoms with Gasteiger partial charge in [-0.15, -0.1) is 16.2 Å². The maximum absolute atomic E-state index is 13.1. The van der Waals surface area contributed by atoms with Crippen LogP contribution in [0, 0.1) is 8.48 Å². The SMILES string of the molecule is CNc1ccc2c(=O)n(-c3ccc(NC(=O)NS(=O)(=O)c4ccc(Cl)s4)cc3I)cc(N=O)c2c1. The number of fused-ring (bicyclic) bond motifs is 1. The molecule has 0 spiro atoms. The van der Waals surface area contributed by atoms with Crippen molar-refractivity contribution in [2.75, 3.05) is 17.7 Å². The van der Waals surface area contributed by atoms with E-state index >= 15 is 0 Å². The summed E-state index contributed by atoms with van der Waals surface area (Å²) in [7, 11) is -2.35.